The van der Waals surface area contributed by atoms with Gasteiger partial charge >= 0.3 is 12.1 Å². The van der Waals surface area contributed by atoms with Crippen molar-refractivity contribution in [3.05, 3.63) is 35.9 Å². The number of methoxy groups -OCH3 is 1. The number of nitrogens with zero attached hydrogens (tertiary/aromatic N) is 1. The molecule has 1 aromatic rings. The van der Waals surface area contributed by atoms with Crippen molar-refractivity contribution in [2.75, 3.05) is 20.3 Å². The molecule has 25 heavy (non-hydrogen) atoms. The van der Waals surface area contributed by atoms with Gasteiger partial charge in [-0.25, -0.2) is 4.79 Å². The standard InChI is InChI=1S/C19H27NO5/c1-19(2,3)25-18(23)20-11-13(12-21)10-15(17(22)24-4)16(20)14-8-6-5-7-9-14/h5-9,13,15-16,21H,10-12H2,1-4H3/t13-,15+,16+/m1/s1. The van der Waals surface area contributed by atoms with Gasteiger partial charge in [-0.1, -0.05) is 30.3 Å². The Hall–Kier alpha value is -2.08. The molecule has 0 radical (unpaired) electrons. The van der Waals surface area contributed by atoms with E-state index < -0.39 is 23.7 Å². The SMILES string of the molecule is COC(=O)[C@H]1C[C@@H](CO)CN(C(=O)OC(C)(C)C)[C@H]1c1ccccc1. The molecule has 1 N–H and O–H groups in total. The van der Waals surface area contributed by atoms with Crippen molar-refractivity contribution in [3.63, 3.8) is 0 Å². The molecule has 0 aromatic heterocycles. The molecule has 0 unspecified atom stereocenters. The third kappa shape index (κ3) is 4.72. The molecule has 1 aliphatic heterocycles. The van der Waals surface area contributed by atoms with E-state index in [1.807, 2.05) is 30.3 Å². The van der Waals surface area contributed by atoms with E-state index in [1.54, 1.807) is 25.7 Å². The zero-order valence-corrected chi connectivity index (χ0v) is 15.3. The molecule has 3 atom stereocenters. The number of aliphatic hydroxyl groups is 1. The van der Waals surface area contributed by atoms with E-state index >= 15 is 0 Å². The van der Waals surface area contributed by atoms with Crippen molar-refractivity contribution in [2.45, 2.75) is 38.8 Å². The van der Waals surface area contributed by atoms with Gasteiger partial charge in [0, 0.05) is 19.1 Å². The summed E-state index contributed by atoms with van der Waals surface area (Å²) in [6, 6.07) is 8.92. The zero-order valence-electron chi connectivity index (χ0n) is 15.3. The number of carbonyl (C=O) groups is 2. The molecule has 0 aliphatic carbocycles. The Kier molecular flexibility index (Phi) is 6.06. The summed E-state index contributed by atoms with van der Waals surface area (Å²) < 4.78 is 10.5. The molecule has 1 heterocycles. The number of carbonyl (C=O) groups excluding carboxylic acids is 2. The van der Waals surface area contributed by atoms with Gasteiger partial charge in [0.25, 0.3) is 0 Å². The largest absolute Gasteiger partial charge is 0.469 e. The maximum atomic E-state index is 12.8. The van der Waals surface area contributed by atoms with Crippen LogP contribution in [0.25, 0.3) is 0 Å². The fourth-order valence-electron chi connectivity index (χ4n) is 3.25. The smallest absolute Gasteiger partial charge is 0.410 e. The van der Waals surface area contributed by atoms with Gasteiger partial charge in [-0.15, -0.1) is 0 Å². The Balaban J connectivity index is 2.42. The molecular formula is C19H27NO5. The Labute approximate surface area is 148 Å². The van der Waals surface area contributed by atoms with Crippen LogP contribution >= 0.6 is 0 Å². The van der Waals surface area contributed by atoms with Crippen LogP contribution in [0.4, 0.5) is 4.79 Å². The third-order valence-electron chi connectivity index (χ3n) is 4.29. The molecule has 1 aromatic carbocycles. The van der Waals surface area contributed by atoms with Crippen LogP contribution in [-0.4, -0.2) is 47.9 Å². The van der Waals surface area contributed by atoms with Crippen LogP contribution in [0.3, 0.4) is 0 Å². The normalized spacial score (nSPS) is 23.9. The molecule has 1 aliphatic rings. The highest BCUT2D eigenvalue weighted by Gasteiger charge is 2.44. The first kappa shape index (κ1) is 19.2. The van der Waals surface area contributed by atoms with Gasteiger partial charge in [0.1, 0.15) is 5.60 Å². The van der Waals surface area contributed by atoms with E-state index in [1.165, 1.54) is 7.11 Å². The third-order valence-corrected chi connectivity index (χ3v) is 4.29. The highest BCUT2D eigenvalue weighted by atomic mass is 16.6. The second-order valence-corrected chi connectivity index (χ2v) is 7.40. The number of piperidine rings is 1. The highest BCUT2D eigenvalue weighted by molar-refractivity contribution is 5.76. The molecule has 2 rings (SSSR count). The topological polar surface area (TPSA) is 76.1 Å². The maximum absolute atomic E-state index is 12.8. The van der Waals surface area contributed by atoms with Crippen molar-refractivity contribution >= 4 is 12.1 Å². The molecule has 1 fully saturated rings. The Morgan fingerprint density at radius 2 is 1.88 bits per heavy atom. The monoisotopic (exact) mass is 349 g/mol. The highest BCUT2D eigenvalue weighted by Crippen LogP contribution is 2.39. The van der Waals surface area contributed by atoms with Crippen LogP contribution in [0.1, 0.15) is 38.8 Å². The fourth-order valence-corrected chi connectivity index (χ4v) is 3.25. The minimum atomic E-state index is -0.648. The molecule has 1 saturated heterocycles. The van der Waals surface area contributed by atoms with Crippen LogP contribution in [0, 0.1) is 11.8 Å². The van der Waals surface area contributed by atoms with E-state index in [0.29, 0.717) is 13.0 Å². The molecule has 6 heteroatoms. The quantitative estimate of drug-likeness (QED) is 0.849. The first-order chi connectivity index (χ1) is 11.8. The summed E-state index contributed by atoms with van der Waals surface area (Å²) in [4.78, 5) is 26.7. The lowest BCUT2D eigenvalue weighted by Gasteiger charge is -2.43. The second kappa shape index (κ2) is 7.87. The van der Waals surface area contributed by atoms with Crippen LogP contribution in [0.2, 0.25) is 0 Å². The average Bonchev–Trinajstić information content (AvgIpc) is 2.59. The van der Waals surface area contributed by atoms with Gasteiger partial charge in [0.15, 0.2) is 0 Å². The zero-order chi connectivity index (χ0) is 18.6. The summed E-state index contributed by atoms with van der Waals surface area (Å²) in [5.41, 5.74) is 0.200. The summed E-state index contributed by atoms with van der Waals surface area (Å²) in [6.07, 6.45) is -0.0319. The number of ether oxygens (including phenoxy) is 2. The number of hydrogen-bond donors (Lipinski definition) is 1. The number of likely N-dealkylation sites (tertiary alicyclic amines) is 1. The molecular weight excluding hydrogens is 322 g/mol. The number of aliphatic hydroxyl groups excluding tert-OH is 1. The van der Waals surface area contributed by atoms with Gasteiger partial charge in [-0.3, -0.25) is 9.69 Å². The van der Waals surface area contributed by atoms with Gasteiger partial charge in [-0.05, 0) is 32.8 Å². The van der Waals surface area contributed by atoms with E-state index in [-0.39, 0.29) is 18.5 Å². The van der Waals surface area contributed by atoms with Crippen molar-refractivity contribution < 1.29 is 24.2 Å². The predicted molar refractivity (Wildman–Crippen MR) is 92.8 cm³/mol. The van der Waals surface area contributed by atoms with Crippen molar-refractivity contribution in [2.24, 2.45) is 11.8 Å². The minimum absolute atomic E-state index is 0.103. The average molecular weight is 349 g/mol. The summed E-state index contributed by atoms with van der Waals surface area (Å²) in [5.74, 6) is -1.14. The number of amides is 1. The van der Waals surface area contributed by atoms with Gasteiger partial charge in [0.05, 0.1) is 19.1 Å². The van der Waals surface area contributed by atoms with Gasteiger partial charge in [-0.2, -0.15) is 0 Å². The van der Waals surface area contributed by atoms with Crippen LogP contribution < -0.4 is 0 Å². The molecule has 138 valence electrons. The fraction of sp³-hybridized carbons (Fsp3) is 0.579. The molecule has 1 amide bonds. The van der Waals surface area contributed by atoms with E-state index in [4.69, 9.17) is 9.47 Å². The van der Waals surface area contributed by atoms with E-state index in [0.717, 1.165) is 5.56 Å². The lowest BCUT2D eigenvalue weighted by atomic mass is 9.80. The first-order valence-corrected chi connectivity index (χ1v) is 8.50. The number of rotatable bonds is 3. The van der Waals surface area contributed by atoms with Crippen molar-refractivity contribution in [1.82, 2.24) is 4.90 Å². The Morgan fingerprint density at radius 3 is 2.40 bits per heavy atom. The minimum Gasteiger partial charge on any atom is -0.469 e. The van der Waals surface area contributed by atoms with Gasteiger partial charge in [0.2, 0.25) is 0 Å². The molecule has 0 saturated carbocycles. The van der Waals surface area contributed by atoms with Crippen LogP contribution in [0.5, 0.6) is 0 Å². The summed E-state index contributed by atoms with van der Waals surface area (Å²) in [6.45, 7) is 5.63. The molecule has 6 nitrogen and oxygen atoms in total. The van der Waals surface area contributed by atoms with Crippen LogP contribution in [-0.2, 0) is 14.3 Å². The Bertz CT molecular complexity index is 596. The Morgan fingerprint density at radius 1 is 1.24 bits per heavy atom. The lowest BCUT2D eigenvalue weighted by Crippen LogP contribution is -2.50. The van der Waals surface area contributed by atoms with Crippen molar-refractivity contribution in [3.8, 4) is 0 Å². The summed E-state index contributed by atoms with van der Waals surface area (Å²) in [7, 11) is 1.34. The van der Waals surface area contributed by atoms with Gasteiger partial charge < -0.3 is 14.6 Å². The lowest BCUT2D eigenvalue weighted by molar-refractivity contribution is -0.151. The number of hydrogen-bond acceptors (Lipinski definition) is 5. The first-order valence-electron chi connectivity index (χ1n) is 8.50. The number of benzene rings is 1. The second-order valence-electron chi connectivity index (χ2n) is 7.40. The van der Waals surface area contributed by atoms with E-state index in [9.17, 15) is 14.7 Å². The number of esters is 1. The molecule has 0 spiro atoms. The summed E-state index contributed by atoms with van der Waals surface area (Å²) >= 11 is 0. The van der Waals surface area contributed by atoms with Crippen molar-refractivity contribution in [1.29, 1.82) is 0 Å². The van der Waals surface area contributed by atoms with Crippen LogP contribution in [0.15, 0.2) is 30.3 Å². The summed E-state index contributed by atoms with van der Waals surface area (Å²) in [5, 5.41) is 9.62. The predicted octanol–water partition coefficient (Wildman–Crippen LogP) is 2.77. The molecule has 0 bridgehead atoms. The maximum Gasteiger partial charge on any atom is 0.410 e. The van der Waals surface area contributed by atoms with E-state index in [2.05, 4.69) is 0 Å².